The number of carbonyl (C=O) groups is 1. The number of pyridine rings is 1. The first-order valence-electron chi connectivity index (χ1n) is 6.86. The number of benzene rings is 1. The molecule has 0 radical (unpaired) electrons. The number of H-pyrrole nitrogens is 1. The molecular weight excluding hydrogens is 300 g/mol. The van der Waals surface area contributed by atoms with Crippen LogP contribution in [0, 0.1) is 13.8 Å². The van der Waals surface area contributed by atoms with Gasteiger partial charge in [-0.15, -0.1) is 0 Å². The van der Waals surface area contributed by atoms with Crippen LogP contribution in [0.3, 0.4) is 0 Å². The highest BCUT2D eigenvalue weighted by molar-refractivity contribution is 6.30. The Bertz CT molecular complexity index is 761. The van der Waals surface area contributed by atoms with Crippen LogP contribution < -0.4 is 10.9 Å². The van der Waals surface area contributed by atoms with E-state index in [4.69, 9.17) is 11.6 Å². The highest BCUT2D eigenvalue weighted by Gasteiger charge is 2.06. The molecule has 0 aliphatic carbocycles. The number of rotatable bonds is 4. The van der Waals surface area contributed by atoms with Crippen LogP contribution in [0.15, 0.2) is 41.2 Å². The van der Waals surface area contributed by atoms with Crippen molar-refractivity contribution in [3.8, 4) is 0 Å². The maximum atomic E-state index is 11.8. The fourth-order valence-electron chi connectivity index (χ4n) is 2.08. The van der Waals surface area contributed by atoms with Crippen LogP contribution in [0.5, 0.6) is 0 Å². The van der Waals surface area contributed by atoms with Crippen molar-refractivity contribution in [2.45, 2.75) is 20.4 Å². The second-order valence-corrected chi connectivity index (χ2v) is 5.48. The Kier molecular flexibility index (Phi) is 5.17. The minimum Gasteiger partial charge on any atom is -0.348 e. The van der Waals surface area contributed by atoms with Gasteiger partial charge < -0.3 is 10.3 Å². The molecule has 4 nitrogen and oxygen atoms in total. The first-order chi connectivity index (χ1) is 10.5. The van der Waals surface area contributed by atoms with Crippen molar-refractivity contribution in [2.24, 2.45) is 0 Å². The van der Waals surface area contributed by atoms with Crippen LogP contribution in [0.4, 0.5) is 0 Å². The molecule has 22 heavy (non-hydrogen) atoms. The van der Waals surface area contributed by atoms with Crippen molar-refractivity contribution in [1.29, 1.82) is 0 Å². The fraction of sp³-hybridized carbons (Fsp3) is 0.176. The van der Waals surface area contributed by atoms with Gasteiger partial charge in [0, 0.05) is 28.9 Å². The van der Waals surface area contributed by atoms with Gasteiger partial charge in [0.25, 0.3) is 5.56 Å². The number of aromatic amines is 1. The second-order valence-electron chi connectivity index (χ2n) is 5.05. The molecule has 2 rings (SSSR count). The molecule has 0 aliphatic heterocycles. The SMILES string of the molecule is Cc1cc(C)c(CNC(=O)/C=C/c2ccc(Cl)cc2)c(=O)[nH]1. The lowest BCUT2D eigenvalue weighted by atomic mass is 10.1. The number of hydrogen-bond acceptors (Lipinski definition) is 2. The Labute approximate surface area is 133 Å². The van der Waals surface area contributed by atoms with Gasteiger partial charge in [-0.1, -0.05) is 23.7 Å². The lowest BCUT2D eigenvalue weighted by molar-refractivity contribution is -0.116. The lowest BCUT2D eigenvalue weighted by Gasteiger charge is -2.06. The third-order valence-corrected chi connectivity index (χ3v) is 3.48. The Morgan fingerprint density at radius 3 is 2.59 bits per heavy atom. The van der Waals surface area contributed by atoms with Crippen molar-refractivity contribution in [2.75, 3.05) is 0 Å². The van der Waals surface area contributed by atoms with Crippen molar-refractivity contribution in [1.82, 2.24) is 10.3 Å². The highest BCUT2D eigenvalue weighted by Crippen LogP contribution is 2.10. The molecule has 0 saturated carbocycles. The van der Waals surface area contributed by atoms with Gasteiger partial charge in [-0.25, -0.2) is 0 Å². The molecule has 0 aliphatic rings. The number of amides is 1. The van der Waals surface area contributed by atoms with E-state index >= 15 is 0 Å². The standard InChI is InChI=1S/C17H17ClN2O2/c1-11-9-12(2)20-17(22)15(11)10-19-16(21)8-5-13-3-6-14(18)7-4-13/h3-9H,10H2,1-2H3,(H,19,21)(H,20,22)/b8-5+. The van der Waals surface area contributed by atoms with E-state index in [1.807, 2.05) is 32.0 Å². The van der Waals surface area contributed by atoms with Crippen LogP contribution in [0.25, 0.3) is 6.08 Å². The van der Waals surface area contributed by atoms with Crippen LogP contribution in [0.2, 0.25) is 5.02 Å². The maximum Gasteiger partial charge on any atom is 0.253 e. The van der Waals surface area contributed by atoms with Gasteiger partial charge in [-0.2, -0.15) is 0 Å². The summed E-state index contributed by atoms with van der Waals surface area (Å²) in [5.74, 6) is -0.255. The topological polar surface area (TPSA) is 62.0 Å². The van der Waals surface area contributed by atoms with Crippen molar-refractivity contribution < 1.29 is 4.79 Å². The van der Waals surface area contributed by atoms with Gasteiger partial charge in [-0.05, 0) is 49.2 Å². The Morgan fingerprint density at radius 1 is 1.27 bits per heavy atom. The van der Waals surface area contributed by atoms with Gasteiger partial charge in [0.15, 0.2) is 0 Å². The summed E-state index contributed by atoms with van der Waals surface area (Å²) in [5, 5.41) is 3.36. The molecule has 1 amide bonds. The van der Waals surface area contributed by atoms with Crippen LogP contribution in [-0.4, -0.2) is 10.9 Å². The monoisotopic (exact) mass is 316 g/mol. The van der Waals surface area contributed by atoms with E-state index in [1.54, 1.807) is 18.2 Å². The summed E-state index contributed by atoms with van der Waals surface area (Å²) in [5.41, 5.74) is 2.95. The smallest absolute Gasteiger partial charge is 0.253 e. The summed E-state index contributed by atoms with van der Waals surface area (Å²) in [4.78, 5) is 26.4. The predicted octanol–water partition coefficient (Wildman–Crippen LogP) is 2.97. The first-order valence-corrected chi connectivity index (χ1v) is 7.24. The van der Waals surface area contributed by atoms with Gasteiger partial charge in [0.2, 0.25) is 5.91 Å². The normalized spacial score (nSPS) is 10.9. The van der Waals surface area contributed by atoms with E-state index in [9.17, 15) is 9.59 Å². The molecule has 0 bridgehead atoms. The van der Waals surface area contributed by atoms with Crippen molar-refractivity contribution in [3.63, 3.8) is 0 Å². The molecular formula is C17H17ClN2O2. The van der Waals surface area contributed by atoms with Crippen molar-refractivity contribution >= 4 is 23.6 Å². The molecule has 1 aromatic heterocycles. The summed E-state index contributed by atoms with van der Waals surface area (Å²) < 4.78 is 0. The molecule has 5 heteroatoms. The number of aryl methyl sites for hydroxylation is 2. The largest absolute Gasteiger partial charge is 0.348 e. The van der Waals surface area contributed by atoms with Gasteiger partial charge in [-0.3, -0.25) is 9.59 Å². The summed E-state index contributed by atoms with van der Waals surface area (Å²) in [6.07, 6.45) is 3.12. The zero-order chi connectivity index (χ0) is 16.1. The average Bonchev–Trinajstić information content (AvgIpc) is 2.45. The highest BCUT2D eigenvalue weighted by atomic mass is 35.5. The van der Waals surface area contributed by atoms with Gasteiger partial charge >= 0.3 is 0 Å². The van der Waals surface area contributed by atoms with E-state index in [0.29, 0.717) is 10.6 Å². The number of carbonyl (C=O) groups excluding carboxylic acids is 1. The molecule has 0 fully saturated rings. The van der Waals surface area contributed by atoms with E-state index < -0.39 is 0 Å². The molecule has 1 heterocycles. The average molecular weight is 317 g/mol. The molecule has 1 aromatic carbocycles. The van der Waals surface area contributed by atoms with Crippen LogP contribution in [-0.2, 0) is 11.3 Å². The lowest BCUT2D eigenvalue weighted by Crippen LogP contribution is -2.26. The fourth-order valence-corrected chi connectivity index (χ4v) is 2.21. The van der Waals surface area contributed by atoms with E-state index in [0.717, 1.165) is 16.8 Å². The number of hydrogen-bond donors (Lipinski definition) is 2. The maximum absolute atomic E-state index is 11.8. The molecule has 114 valence electrons. The Morgan fingerprint density at radius 2 is 1.95 bits per heavy atom. The summed E-state index contributed by atoms with van der Waals surface area (Å²) >= 11 is 5.80. The number of halogens is 1. The third kappa shape index (κ3) is 4.33. The van der Waals surface area contributed by atoms with E-state index in [1.165, 1.54) is 6.08 Å². The van der Waals surface area contributed by atoms with Gasteiger partial charge in [0.1, 0.15) is 0 Å². The quantitative estimate of drug-likeness (QED) is 0.852. The predicted molar refractivity (Wildman–Crippen MR) is 88.9 cm³/mol. The Hall–Kier alpha value is -2.33. The summed E-state index contributed by atoms with van der Waals surface area (Å²) in [7, 11) is 0. The van der Waals surface area contributed by atoms with Gasteiger partial charge in [0.05, 0.1) is 0 Å². The van der Waals surface area contributed by atoms with E-state index in [2.05, 4.69) is 10.3 Å². The molecule has 0 saturated heterocycles. The third-order valence-electron chi connectivity index (χ3n) is 3.23. The number of nitrogens with one attached hydrogen (secondary N) is 2. The van der Waals surface area contributed by atoms with Crippen LogP contribution in [0.1, 0.15) is 22.4 Å². The molecule has 0 atom stereocenters. The molecule has 0 spiro atoms. The van der Waals surface area contributed by atoms with E-state index in [-0.39, 0.29) is 18.0 Å². The second kappa shape index (κ2) is 7.09. The van der Waals surface area contributed by atoms with Crippen LogP contribution >= 0.6 is 11.6 Å². The molecule has 2 aromatic rings. The summed E-state index contributed by atoms with van der Waals surface area (Å²) in [6, 6.07) is 9.04. The zero-order valence-electron chi connectivity index (χ0n) is 12.4. The minimum absolute atomic E-state index is 0.167. The number of aromatic nitrogens is 1. The zero-order valence-corrected chi connectivity index (χ0v) is 13.2. The Balaban J connectivity index is 1.99. The first kappa shape index (κ1) is 16.0. The summed E-state index contributed by atoms with van der Waals surface area (Å²) in [6.45, 7) is 3.88. The molecule has 2 N–H and O–H groups in total. The minimum atomic E-state index is -0.255. The molecule has 0 unspecified atom stereocenters. The van der Waals surface area contributed by atoms with Crippen molar-refractivity contribution in [3.05, 3.63) is 74.2 Å².